The standard InChI is InChI=1S/C16H23N3O3.2ClH/c1-10(20)14-5-13-4-11(2-3-12(13)6-17-14)7-19-8-15(16(21)22)18-9-19;;/h8-9,11-14,17H,2-7H2,1H3,(H,21,22);2*1H/t11-,12-,13+,14-;;/m0../s1. The average Bonchev–Trinajstić information content (AvgIpc) is 2.95. The van der Waals surface area contributed by atoms with E-state index in [1.165, 1.54) is 6.42 Å². The fraction of sp³-hybridized carbons (Fsp3) is 0.688. The number of ketones is 1. The lowest BCUT2D eigenvalue weighted by molar-refractivity contribution is -0.120. The van der Waals surface area contributed by atoms with Gasteiger partial charge in [0.05, 0.1) is 12.4 Å². The zero-order valence-electron chi connectivity index (χ0n) is 13.7. The van der Waals surface area contributed by atoms with Gasteiger partial charge in [0.1, 0.15) is 5.78 Å². The van der Waals surface area contributed by atoms with Crippen LogP contribution >= 0.6 is 24.8 Å². The lowest BCUT2D eigenvalue weighted by Gasteiger charge is -2.42. The van der Waals surface area contributed by atoms with Crippen molar-refractivity contribution >= 4 is 36.6 Å². The van der Waals surface area contributed by atoms with Gasteiger partial charge in [0, 0.05) is 12.7 Å². The number of nitrogens with zero attached hydrogens (tertiary/aromatic N) is 2. The van der Waals surface area contributed by atoms with Gasteiger partial charge in [-0.3, -0.25) is 4.79 Å². The van der Waals surface area contributed by atoms with E-state index in [1.54, 1.807) is 19.4 Å². The number of rotatable bonds is 4. The van der Waals surface area contributed by atoms with Gasteiger partial charge in [-0.25, -0.2) is 9.78 Å². The molecule has 1 aromatic rings. The Morgan fingerprint density at radius 1 is 1.29 bits per heavy atom. The number of fused-ring (bicyclic) bond motifs is 1. The smallest absolute Gasteiger partial charge is 0.356 e. The molecule has 2 heterocycles. The summed E-state index contributed by atoms with van der Waals surface area (Å²) in [7, 11) is 0. The number of nitrogens with one attached hydrogen (secondary N) is 1. The van der Waals surface area contributed by atoms with Gasteiger partial charge in [-0.1, -0.05) is 0 Å². The molecule has 8 heteroatoms. The number of hydrogen-bond acceptors (Lipinski definition) is 4. The highest BCUT2D eigenvalue weighted by atomic mass is 35.5. The van der Waals surface area contributed by atoms with Gasteiger partial charge in [0.2, 0.25) is 0 Å². The number of halogens is 2. The molecule has 0 radical (unpaired) electrons. The Hall–Kier alpha value is -1.11. The molecule has 6 nitrogen and oxygen atoms in total. The summed E-state index contributed by atoms with van der Waals surface area (Å²) < 4.78 is 1.89. The Bertz CT molecular complexity index is 579. The lowest BCUT2D eigenvalue weighted by atomic mass is 9.69. The molecule has 3 rings (SSSR count). The predicted octanol–water partition coefficient (Wildman–Crippen LogP) is 2.41. The lowest BCUT2D eigenvalue weighted by Crippen LogP contribution is -2.49. The van der Waals surface area contributed by atoms with E-state index in [-0.39, 0.29) is 42.3 Å². The van der Waals surface area contributed by atoms with Crippen molar-refractivity contribution in [3.05, 3.63) is 18.2 Å². The molecular formula is C16H25Cl2N3O3. The van der Waals surface area contributed by atoms with Gasteiger partial charge < -0.3 is 15.0 Å². The van der Waals surface area contributed by atoms with Gasteiger partial charge in [0.15, 0.2) is 5.69 Å². The molecule has 4 atom stereocenters. The van der Waals surface area contributed by atoms with E-state index in [0.717, 1.165) is 32.4 Å². The maximum atomic E-state index is 11.6. The quantitative estimate of drug-likeness (QED) is 0.841. The molecule has 1 aliphatic heterocycles. The van der Waals surface area contributed by atoms with Crippen molar-refractivity contribution in [2.24, 2.45) is 17.8 Å². The second-order valence-corrected chi connectivity index (χ2v) is 6.77. The summed E-state index contributed by atoms with van der Waals surface area (Å²) in [5.74, 6) is 1.09. The van der Waals surface area contributed by atoms with Crippen molar-refractivity contribution < 1.29 is 14.7 Å². The van der Waals surface area contributed by atoms with Crippen LogP contribution in [0.25, 0.3) is 0 Å². The van der Waals surface area contributed by atoms with Crippen molar-refractivity contribution in [2.75, 3.05) is 6.54 Å². The molecule has 0 spiro atoms. The summed E-state index contributed by atoms with van der Waals surface area (Å²) >= 11 is 0. The SMILES string of the molecule is CC(=O)[C@@H]1C[C@H]2C[C@@H](Cn3cnc(C(=O)O)c3)CC[C@H]2CN1.Cl.Cl. The summed E-state index contributed by atoms with van der Waals surface area (Å²) in [4.78, 5) is 26.4. The van der Waals surface area contributed by atoms with E-state index in [2.05, 4.69) is 10.3 Å². The number of piperidine rings is 1. The van der Waals surface area contributed by atoms with Crippen LogP contribution in [0.2, 0.25) is 0 Å². The molecule has 0 amide bonds. The van der Waals surface area contributed by atoms with Gasteiger partial charge in [0.25, 0.3) is 0 Å². The van der Waals surface area contributed by atoms with E-state index in [4.69, 9.17) is 5.11 Å². The zero-order valence-corrected chi connectivity index (χ0v) is 15.3. The molecule has 0 unspecified atom stereocenters. The molecule has 1 saturated heterocycles. The highest BCUT2D eigenvalue weighted by molar-refractivity contribution is 5.86. The number of carbonyl (C=O) groups is 2. The molecule has 0 aromatic carbocycles. The number of aromatic carboxylic acids is 1. The maximum Gasteiger partial charge on any atom is 0.356 e. The Morgan fingerprint density at radius 3 is 2.67 bits per heavy atom. The van der Waals surface area contributed by atoms with Crippen LogP contribution in [0.1, 0.15) is 43.1 Å². The molecule has 1 aromatic heterocycles. The third-order valence-corrected chi connectivity index (χ3v) is 5.23. The van der Waals surface area contributed by atoms with Gasteiger partial charge >= 0.3 is 5.97 Å². The van der Waals surface area contributed by atoms with Crippen LogP contribution < -0.4 is 5.32 Å². The van der Waals surface area contributed by atoms with Crippen molar-refractivity contribution in [3.63, 3.8) is 0 Å². The van der Waals surface area contributed by atoms with Crippen LogP contribution in [-0.2, 0) is 11.3 Å². The first-order chi connectivity index (χ1) is 10.5. The van der Waals surface area contributed by atoms with Crippen molar-refractivity contribution in [1.82, 2.24) is 14.9 Å². The molecule has 136 valence electrons. The summed E-state index contributed by atoms with van der Waals surface area (Å²) in [6.45, 7) is 3.44. The first-order valence-electron chi connectivity index (χ1n) is 8.02. The topological polar surface area (TPSA) is 84.2 Å². The third-order valence-electron chi connectivity index (χ3n) is 5.23. The van der Waals surface area contributed by atoms with Crippen molar-refractivity contribution in [2.45, 2.75) is 45.2 Å². The number of imidazole rings is 1. The summed E-state index contributed by atoms with van der Waals surface area (Å²) in [5.41, 5.74) is 0.104. The minimum Gasteiger partial charge on any atom is -0.476 e. The van der Waals surface area contributed by atoms with Gasteiger partial charge in [-0.15, -0.1) is 24.8 Å². The number of carbonyl (C=O) groups excluding carboxylic acids is 1. The van der Waals surface area contributed by atoms with E-state index in [0.29, 0.717) is 17.8 Å². The van der Waals surface area contributed by atoms with Crippen molar-refractivity contribution in [3.8, 4) is 0 Å². The Morgan fingerprint density at radius 2 is 2.04 bits per heavy atom. The van der Waals surface area contributed by atoms with E-state index < -0.39 is 5.97 Å². The van der Waals surface area contributed by atoms with Crippen LogP contribution in [0, 0.1) is 17.8 Å². The number of carboxylic acid groups (broad SMARTS) is 1. The first kappa shape index (κ1) is 20.9. The molecule has 24 heavy (non-hydrogen) atoms. The number of hydrogen-bond donors (Lipinski definition) is 2. The van der Waals surface area contributed by atoms with Gasteiger partial charge in [-0.05, 0) is 56.9 Å². The Labute approximate surface area is 154 Å². The summed E-state index contributed by atoms with van der Waals surface area (Å²) in [6, 6.07) is 0.0202. The maximum absolute atomic E-state index is 11.6. The minimum absolute atomic E-state index is 0. The minimum atomic E-state index is -0.981. The van der Waals surface area contributed by atoms with E-state index in [9.17, 15) is 9.59 Å². The second kappa shape index (κ2) is 8.83. The van der Waals surface area contributed by atoms with Gasteiger partial charge in [-0.2, -0.15) is 0 Å². The van der Waals surface area contributed by atoms with Crippen molar-refractivity contribution in [1.29, 1.82) is 0 Å². The van der Waals surface area contributed by atoms with Crippen LogP contribution in [0.5, 0.6) is 0 Å². The molecule has 1 aliphatic carbocycles. The molecule has 2 aliphatic rings. The number of aromatic nitrogens is 2. The Kier molecular flexibility index (Phi) is 7.70. The molecular weight excluding hydrogens is 353 g/mol. The number of carboxylic acids is 1. The fourth-order valence-electron chi connectivity index (χ4n) is 4.01. The highest BCUT2D eigenvalue weighted by Gasteiger charge is 2.36. The van der Waals surface area contributed by atoms with Crippen LogP contribution in [0.3, 0.4) is 0 Å². The summed E-state index contributed by atoms with van der Waals surface area (Å²) in [6.07, 6.45) is 7.63. The first-order valence-corrected chi connectivity index (χ1v) is 8.02. The van der Waals surface area contributed by atoms with Crippen LogP contribution in [0.4, 0.5) is 0 Å². The molecule has 1 saturated carbocycles. The molecule has 2 fully saturated rings. The monoisotopic (exact) mass is 377 g/mol. The summed E-state index contributed by atoms with van der Waals surface area (Å²) in [5, 5.41) is 12.3. The van der Waals surface area contributed by atoms with Crippen LogP contribution in [-0.4, -0.2) is 39.0 Å². The second-order valence-electron chi connectivity index (χ2n) is 6.77. The molecule has 0 bridgehead atoms. The normalized spacial score (nSPS) is 28.9. The largest absolute Gasteiger partial charge is 0.476 e. The molecule has 2 N–H and O–H groups in total. The Balaban J connectivity index is 0.00000144. The predicted molar refractivity (Wildman–Crippen MR) is 95.1 cm³/mol. The van der Waals surface area contributed by atoms with E-state index in [1.807, 2.05) is 4.57 Å². The number of Topliss-reactive ketones (excluding diaryl/α,β-unsaturated/α-hetero) is 1. The average molecular weight is 378 g/mol. The third kappa shape index (κ3) is 4.71. The van der Waals surface area contributed by atoms with E-state index >= 15 is 0 Å². The zero-order chi connectivity index (χ0) is 15.7. The highest BCUT2D eigenvalue weighted by Crippen LogP contribution is 2.39. The van der Waals surface area contributed by atoms with Crippen LogP contribution in [0.15, 0.2) is 12.5 Å². The fourth-order valence-corrected chi connectivity index (χ4v) is 4.01.